The van der Waals surface area contributed by atoms with E-state index in [-0.39, 0.29) is 0 Å². The van der Waals surface area contributed by atoms with Crippen molar-refractivity contribution in [2.75, 3.05) is 4.90 Å². The monoisotopic (exact) mass is 1030 g/mol. The SMILES string of the molecule is C/C=C\c1cc(C)ccc1C.C=C/C(=C/C)CC.CC.CC1=CC=CCC1.Cc1ccc(C)c(-c2ccc(N(c3ccccc3)c3ccc4c(ccn4-c4ccccc4)c3)cc2C)c1.Cc1ccccc1.Cc1ccccc1. The van der Waals surface area contributed by atoms with Crippen LogP contribution >= 0.6 is 0 Å². The lowest BCUT2D eigenvalue weighted by Gasteiger charge is -2.26. The standard InChI is InChI=1S/C35H30N2.C11H14.C7H10.2C7H8.C7H12.C2H6/c1-25-14-15-26(2)34(22-25)33-18-16-31(23-27(33)3)37(30-12-8-5-9-13-30)32-17-19-35-28(24-32)20-21-36(35)29-10-6-4-7-11-29;1-4-5-11-8-9(2)6-7-10(11)3;3*1-7-5-3-2-4-6-7;1-4-7(5-2)6-3;1-2/h4-24H,1-3H3;4-8H,1-3H3;2-3,5H,4,6H2,1H3;2*2-6H,1H3;4-5H,1,6H2,2-3H3;1-2H3/b;5-4-;;;;7-5-;. The quantitative estimate of drug-likeness (QED) is 0.138. The van der Waals surface area contributed by atoms with Crippen LogP contribution in [0.1, 0.15) is 105 Å². The van der Waals surface area contributed by atoms with Crippen LogP contribution in [0.25, 0.3) is 33.8 Å². The first-order valence-electron chi connectivity index (χ1n) is 27.9. The molecular formula is C76H88N2. The van der Waals surface area contributed by atoms with Gasteiger partial charge in [0.2, 0.25) is 0 Å². The molecule has 9 aromatic rings. The number of para-hydroxylation sites is 2. The van der Waals surface area contributed by atoms with Crippen LogP contribution in [-0.2, 0) is 0 Å². The van der Waals surface area contributed by atoms with Gasteiger partial charge >= 0.3 is 0 Å². The molecule has 2 heteroatoms. The summed E-state index contributed by atoms with van der Waals surface area (Å²) in [6.07, 6.45) is 20.4. The summed E-state index contributed by atoms with van der Waals surface area (Å²) in [5.41, 5.74) is 21.7. The van der Waals surface area contributed by atoms with E-state index < -0.39 is 0 Å². The summed E-state index contributed by atoms with van der Waals surface area (Å²) in [5, 5.41) is 1.21. The Morgan fingerprint density at radius 3 is 1.55 bits per heavy atom. The molecule has 1 aromatic heterocycles. The van der Waals surface area contributed by atoms with Crippen LogP contribution in [0.3, 0.4) is 0 Å². The van der Waals surface area contributed by atoms with Gasteiger partial charge in [0.15, 0.2) is 0 Å². The number of allylic oxidation sites excluding steroid dienone is 8. The van der Waals surface area contributed by atoms with E-state index in [9.17, 15) is 0 Å². The van der Waals surface area contributed by atoms with Crippen LogP contribution in [0.4, 0.5) is 17.1 Å². The number of hydrogen-bond acceptors (Lipinski definition) is 1. The number of aryl methyl sites for hydroxylation is 7. The van der Waals surface area contributed by atoms with Crippen molar-refractivity contribution in [2.24, 2.45) is 0 Å². The number of fused-ring (bicyclic) bond motifs is 1. The summed E-state index contributed by atoms with van der Waals surface area (Å²) in [7, 11) is 0. The predicted molar refractivity (Wildman–Crippen MR) is 348 cm³/mol. The number of anilines is 3. The number of rotatable bonds is 8. The van der Waals surface area contributed by atoms with E-state index in [1.807, 2.05) is 70.2 Å². The van der Waals surface area contributed by atoms with Gasteiger partial charge in [-0.2, -0.15) is 0 Å². The first kappa shape index (κ1) is 62.3. The van der Waals surface area contributed by atoms with Gasteiger partial charge in [0.25, 0.3) is 0 Å². The highest BCUT2D eigenvalue weighted by molar-refractivity contribution is 5.89. The molecule has 402 valence electrons. The maximum atomic E-state index is 3.63. The molecule has 0 N–H and O–H groups in total. The first-order chi connectivity index (χ1) is 37.8. The Kier molecular flexibility index (Phi) is 27.5. The van der Waals surface area contributed by atoms with Crippen LogP contribution in [0.15, 0.2) is 261 Å². The van der Waals surface area contributed by atoms with Gasteiger partial charge in [-0.05, 0) is 183 Å². The van der Waals surface area contributed by atoms with Gasteiger partial charge in [-0.3, -0.25) is 0 Å². The minimum Gasteiger partial charge on any atom is -0.317 e. The molecule has 0 saturated heterocycles. The Morgan fingerprint density at radius 1 is 0.526 bits per heavy atom. The third kappa shape index (κ3) is 20.4. The minimum absolute atomic E-state index is 1.10. The number of aromatic nitrogens is 1. The molecule has 0 atom stereocenters. The topological polar surface area (TPSA) is 8.17 Å². The van der Waals surface area contributed by atoms with Gasteiger partial charge in [-0.25, -0.2) is 0 Å². The second-order valence-corrected chi connectivity index (χ2v) is 19.3. The molecule has 0 amide bonds. The van der Waals surface area contributed by atoms with E-state index in [2.05, 4.69) is 285 Å². The smallest absolute Gasteiger partial charge is 0.0529 e. The average molecular weight is 1030 g/mol. The van der Waals surface area contributed by atoms with Crippen LogP contribution in [-0.4, -0.2) is 4.57 Å². The summed E-state index contributed by atoms with van der Waals surface area (Å²) in [4.78, 5) is 2.35. The van der Waals surface area contributed by atoms with Crippen molar-refractivity contribution in [3.05, 3.63) is 305 Å². The lowest BCUT2D eigenvalue weighted by Crippen LogP contribution is -2.10. The molecule has 0 fully saturated rings. The number of hydrogen-bond donors (Lipinski definition) is 0. The van der Waals surface area contributed by atoms with Gasteiger partial charge in [-0.1, -0.05) is 243 Å². The first-order valence-corrected chi connectivity index (χ1v) is 27.9. The fraction of sp³-hybridized carbons (Fsp3) is 0.211. The summed E-state index contributed by atoms with van der Waals surface area (Å²) in [6, 6.07) is 70.6. The second-order valence-electron chi connectivity index (χ2n) is 19.3. The van der Waals surface area contributed by atoms with Crippen molar-refractivity contribution in [1.29, 1.82) is 0 Å². The van der Waals surface area contributed by atoms with Crippen molar-refractivity contribution in [1.82, 2.24) is 4.57 Å². The van der Waals surface area contributed by atoms with Crippen LogP contribution in [0, 0.1) is 48.5 Å². The molecule has 0 radical (unpaired) electrons. The zero-order valence-corrected chi connectivity index (χ0v) is 49.4. The molecule has 0 spiro atoms. The van der Waals surface area contributed by atoms with Crippen molar-refractivity contribution in [2.45, 2.75) is 109 Å². The Morgan fingerprint density at radius 2 is 1.08 bits per heavy atom. The summed E-state index contributed by atoms with van der Waals surface area (Å²) >= 11 is 0. The normalized spacial score (nSPS) is 11.2. The Labute approximate surface area is 472 Å². The molecule has 8 aromatic carbocycles. The third-order valence-corrected chi connectivity index (χ3v) is 13.1. The van der Waals surface area contributed by atoms with Crippen molar-refractivity contribution in [3.63, 3.8) is 0 Å². The Balaban J connectivity index is 0.000000256. The van der Waals surface area contributed by atoms with E-state index in [1.54, 1.807) is 0 Å². The minimum atomic E-state index is 1.10. The van der Waals surface area contributed by atoms with Crippen LogP contribution < -0.4 is 4.90 Å². The van der Waals surface area contributed by atoms with E-state index >= 15 is 0 Å². The van der Waals surface area contributed by atoms with E-state index in [1.165, 1.54) is 96.2 Å². The molecule has 0 saturated carbocycles. The highest BCUT2D eigenvalue weighted by Crippen LogP contribution is 2.39. The average Bonchev–Trinajstić information content (AvgIpc) is 3.93. The fourth-order valence-corrected chi connectivity index (χ4v) is 8.60. The van der Waals surface area contributed by atoms with Crippen LogP contribution in [0.5, 0.6) is 0 Å². The van der Waals surface area contributed by atoms with Crippen molar-refractivity contribution in [3.8, 4) is 16.8 Å². The molecule has 0 aliphatic heterocycles. The van der Waals surface area contributed by atoms with E-state index in [0.29, 0.717) is 0 Å². The van der Waals surface area contributed by atoms with Gasteiger partial charge < -0.3 is 9.47 Å². The highest BCUT2D eigenvalue weighted by atomic mass is 15.1. The predicted octanol–water partition coefficient (Wildman–Crippen LogP) is 22.9. The molecule has 2 nitrogen and oxygen atoms in total. The number of benzene rings is 8. The lowest BCUT2D eigenvalue weighted by atomic mass is 9.94. The zero-order chi connectivity index (χ0) is 56.7. The molecule has 1 aliphatic carbocycles. The maximum Gasteiger partial charge on any atom is 0.0529 e. The molecular weight excluding hydrogens is 941 g/mol. The molecule has 0 bridgehead atoms. The molecule has 10 rings (SSSR count). The molecule has 0 unspecified atom stereocenters. The summed E-state index contributed by atoms with van der Waals surface area (Å²) < 4.78 is 2.25. The van der Waals surface area contributed by atoms with Gasteiger partial charge in [0, 0.05) is 34.3 Å². The Bertz CT molecular complexity index is 3240. The van der Waals surface area contributed by atoms with Crippen molar-refractivity contribution >= 4 is 34.0 Å². The highest BCUT2D eigenvalue weighted by Gasteiger charge is 2.16. The zero-order valence-electron chi connectivity index (χ0n) is 49.4. The van der Waals surface area contributed by atoms with E-state index in [0.717, 1.165) is 23.5 Å². The summed E-state index contributed by atoms with van der Waals surface area (Å²) in [6.45, 7) is 31.0. The van der Waals surface area contributed by atoms with Crippen molar-refractivity contribution < 1.29 is 0 Å². The molecule has 78 heavy (non-hydrogen) atoms. The Hall–Kier alpha value is -8.20. The molecule has 1 aliphatic rings. The summed E-state index contributed by atoms with van der Waals surface area (Å²) in [5.74, 6) is 0. The number of nitrogens with zero attached hydrogens (tertiary/aromatic N) is 2. The van der Waals surface area contributed by atoms with E-state index in [4.69, 9.17) is 0 Å². The second kappa shape index (κ2) is 34.5. The third-order valence-electron chi connectivity index (χ3n) is 13.1. The van der Waals surface area contributed by atoms with Crippen LogP contribution in [0.2, 0.25) is 0 Å². The van der Waals surface area contributed by atoms with Gasteiger partial charge in [-0.15, -0.1) is 0 Å². The maximum absolute atomic E-state index is 3.63. The fourth-order valence-electron chi connectivity index (χ4n) is 8.60. The molecule has 1 heterocycles. The van der Waals surface area contributed by atoms with Gasteiger partial charge in [0.1, 0.15) is 0 Å². The lowest BCUT2D eigenvalue weighted by molar-refractivity contribution is 0.962. The largest absolute Gasteiger partial charge is 0.317 e. The van der Waals surface area contributed by atoms with Gasteiger partial charge in [0.05, 0.1) is 5.52 Å².